The smallest absolute Gasteiger partial charge is 0.320 e. The molecular formula is C25H32N2O3. The van der Waals surface area contributed by atoms with Crippen molar-refractivity contribution >= 4 is 23.2 Å². The zero-order chi connectivity index (χ0) is 21.5. The summed E-state index contributed by atoms with van der Waals surface area (Å²) >= 11 is 0. The van der Waals surface area contributed by atoms with E-state index >= 15 is 0 Å². The van der Waals surface area contributed by atoms with E-state index in [-0.39, 0.29) is 30.2 Å². The number of benzene rings is 1. The first-order valence-corrected chi connectivity index (χ1v) is 11.1. The van der Waals surface area contributed by atoms with Gasteiger partial charge in [0.15, 0.2) is 5.78 Å². The number of aliphatic imine (C=N–C) groups is 2. The van der Waals surface area contributed by atoms with Crippen molar-refractivity contribution < 1.29 is 14.3 Å². The lowest BCUT2D eigenvalue weighted by Gasteiger charge is -2.35. The fourth-order valence-corrected chi connectivity index (χ4v) is 4.96. The highest BCUT2D eigenvalue weighted by molar-refractivity contribution is 6.47. The summed E-state index contributed by atoms with van der Waals surface area (Å²) in [6.07, 6.45) is 5.12. The lowest BCUT2D eigenvalue weighted by atomic mass is 9.69. The number of Topliss-reactive ketones (excluding diaryl/α,β-unsaturated/α-hetero) is 1. The molecule has 4 unspecified atom stereocenters. The molecule has 2 saturated carbocycles. The van der Waals surface area contributed by atoms with Gasteiger partial charge in [0.05, 0.1) is 29.9 Å². The van der Waals surface area contributed by atoms with Crippen molar-refractivity contribution in [3.05, 3.63) is 35.9 Å². The third-order valence-electron chi connectivity index (χ3n) is 6.70. The van der Waals surface area contributed by atoms with Crippen LogP contribution in [0.25, 0.3) is 0 Å². The highest BCUT2D eigenvalue weighted by atomic mass is 16.6. The molecule has 4 rings (SSSR count). The minimum absolute atomic E-state index is 0.121. The number of nitrogens with zero attached hydrogens (tertiary/aromatic N) is 2. The van der Waals surface area contributed by atoms with E-state index in [1.54, 1.807) is 6.92 Å². The average Bonchev–Trinajstić information content (AvgIpc) is 2.81. The van der Waals surface area contributed by atoms with E-state index in [4.69, 9.17) is 14.7 Å². The van der Waals surface area contributed by atoms with Gasteiger partial charge in [-0.1, -0.05) is 43.2 Å². The number of carbonyl (C=O) groups excluding carboxylic acids is 2. The van der Waals surface area contributed by atoms with E-state index in [9.17, 15) is 9.59 Å². The summed E-state index contributed by atoms with van der Waals surface area (Å²) in [6.45, 7) is 7.27. The summed E-state index contributed by atoms with van der Waals surface area (Å²) < 4.78 is 5.77. The normalized spacial score (nSPS) is 31.6. The van der Waals surface area contributed by atoms with E-state index in [1.807, 2.05) is 51.1 Å². The summed E-state index contributed by atoms with van der Waals surface area (Å²) in [5.74, 6) is -0.900. The molecule has 0 N–H and O–H groups in total. The summed E-state index contributed by atoms with van der Waals surface area (Å²) in [5.41, 5.74) is 0.727. The molecule has 0 bridgehead atoms. The maximum atomic E-state index is 13.6. The fourth-order valence-electron chi connectivity index (χ4n) is 4.96. The van der Waals surface area contributed by atoms with Crippen LogP contribution in [0.2, 0.25) is 0 Å². The lowest BCUT2D eigenvalue weighted by molar-refractivity contribution is -0.170. The average molecular weight is 409 g/mol. The minimum Gasteiger partial charge on any atom is -0.459 e. The van der Waals surface area contributed by atoms with Crippen molar-refractivity contribution in [3.8, 4) is 0 Å². The monoisotopic (exact) mass is 408 g/mol. The number of ketones is 1. The van der Waals surface area contributed by atoms with E-state index in [0.29, 0.717) is 6.42 Å². The molecule has 30 heavy (non-hydrogen) atoms. The number of fused-ring (bicyclic) bond motifs is 2. The molecule has 0 amide bonds. The molecule has 1 heterocycles. The first-order valence-electron chi connectivity index (χ1n) is 11.1. The first-order chi connectivity index (χ1) is 14.2. The van der Waals surface area contributed by atoms with Crippen LogP contribution in [0.15, 0.2) is 40.3 Å². The number of esters is 1. The molecule has 5 heteroatoms. The molecule has 2 aliphatic carbocycles. The molecule has 160 valence electrons. The molecule has 5 nitrogen and oxygen atoms in total. The van der Waals surface area contributed by atoms with Gasteiger partial charge in [-0.05, 0) is 52.5 Å². The molecule has 0 aromatic heterocycles. The van der Waals surface area contributed by atoms with E-state index in [2.05, 4.69) is 0 Å². The predicted molar refractivity (Wildman–Crippen MR) is 118 cm³/mol. The van der Waals surface area contributed by atoms with Crippen LogP contribution in [-0.4, -0.2) is 40.9 Å². The highest BCUT2D eigenvalue weighted by Crippen LogP contribution is 2.45. The number of hydrogen-bond donors (Lipinski definition) is 0. The Labute approximate surface area is 179 Å². The fraction of sp³-hybridized carbons (Fsp3) is 0.600. The molecule has 1 aromatic rings. The summed E-state index contributed by atoms with van der Waals surface area (Å²) in [6, 6.07) is 10.3. The van der Waals surface area contributed by atoms with Crippen LogP contribution < -0.4 is 0 Å². The van der Waals surface area contributed by atoms with E-state index < -0.39 is 17.0 Å². The largest absolute Gasteiger partial charge is 0.459 e. The molecule has 1 aromatic carbocycles. The van der Waals surface area contributed by atoms with Crippen molar-refractivity contribution in [3.63, 3.8) is 0 Å². The van der Waals surface area contributed by atoms with Gasteiger partial charge in [-0.3, -0.25) is 19.6 Å². The number of rotatable bonds is 2. The van der Waals surface area contributed by atoms with Gasteiger partial charge in [0.25, 0.3) is 0 Å². The van der Waals surface area contributed by atoms with Crippen molar-refractivity contribution in [2.75, 3.05) is 0 Å². The van der Waals surface area contributed by atoms with Crippen LogP contribution >= 0.6 is 0 Å². The molecular weight excluding hydrogens is 376 g/mol. The highest BCUT2D eigenvalue weighted by Gasteiger charge is 2.53. The van der Waals surface area contributed by atoms with Crippen LogP contribution in [-0.2, 0) is 14.3 Å². The van der Waals surface area contributed by atoms with Crippen molar-refractivity contribution in [2.45, 2.75) is 89.8 Å². The van der Waals surface area contributed by atoms with Gasteiger partial charge >= 0.3 is 5.97 Å². The standard InChI is InChI=1S/C25H32N2O3/c1-24(2,3)30-23(29)25(4)17(16-10-6-5-7-11-16)14-20-21(15-22(25)28)27-19-13-9-8-12-18(19)26-20/h5-7,10-11,17-19H,8-9,12-15H2,1-4H3. The maximum Gasteiger partial charge on any atom is 0.320 e. The Balaban J connectivity index is 1.79. The zero-order valence-electron chi connectivity index (χ0n) is 18.5. The van der Waals surface area contributed by atoms with Crippen molar-refractivity contribution in [1.29, 1.82) is 0 Å². The van der Waals surface area contributed by atoms with Gasteiger partial charge in [0.1, 0.15) is 11.0 Å². The van der Waals surface area contributed by atoms with Gasteiger partial charge in [0.2, 0.25) is 0 Å². The van der Waals surface area contributed by atoms with Gasteiger partial charge in [0, 0.05) is 5.92 Å². The quantitative estimate of drug-likeness (QED) is 0.527. The third-order valence-corrected chi connectivity index (χ3v) is 6.70. The Morgan fingerprint density at radius 1 is 1.03 bits per heavy atom. The minimum atomic E-state index is -1.28. The van der Waals surface area contributed by atoms with Crippen LogP contribution in [0.1, 0.15) is 77.7 Å². The molecule has 2 fully saturated rings. The zero-order valence-corrected chi connectivity index (χ0v) is 18.5. The van der Waals surface area contributed by atoms with Gasteiger partial charge in [-0.25, -0.2) is 0 Å². The van der Waals surface area contributed by atoms with E-state index in [1.165, 1.54) is 12.8 Å². The Hall–Kier alpha value is -2.30. The van der Waals surface area contributed by atoms with Crippen molar-refractivity contribution in [2.24, 2.45) is 15.4 Å². The van der Waals surface area contributed by atoms with Gasteiger partial charge < -0.3 is 4.74 Å². The van der Waals surface area contributed by atoms with Crippen molar-refractivity contribution in [1.82, 2.24) is 0 Å². The molecule has 0 spiro atoms. The summed E-state index contributed by atoms with van der Waals surface area (Å²) in [4.78, 5) is 37.1. The molecule has 1 aliphatic heterocycles. The van der Waals surface area contributed by atoms with Crippen LogP contribution in [0.5, 0.6) is 0 Å². The van der Waals surface area contributed by atoms with Crippen LogP contribution in [0.3, 0.4) is 0 Å². The predicted octanol–water partition coefficient (Wildman–Crippen LogP) is 4.69. The van der Waals surface area contributed by atoms with Gasteiger partial charge in [-0.15, -0.1) is 0 Å². The number of carbonyl (C=O) groups is 2. The maximum absolute atomic E-state index is 13.6. The second kappa shape index (κ2) is 7.75. The Kier molecular flexibility index (Phi) is 5.41. The Morgan fingerprint density at radius 2 is 1.63 bits per heavy atom. The second-order valence-electron chi connectivity index (χ2n) is 10.0. The third kappa shape index (κ3) is 3.86. The molecule has 4 atom stereocenters. The molecule has 3 aliphatic rings. The van der Waals surface area contributed by atoms with Crippen LogP contribution in [0, 0.1) is 5.41 Å². The molecule has 0 saturated heterocycles. The number of hydrogen-bond acceptors (Lipinski definition) is 5. The second-order valence-corrected chi connectivity index (χ2v) is 10.0. The topological polar surface area (TPSA) is 68.1 Å². The SMILES string of the molecule is CC(C)(C)OC(=O)C1(C)C(=O)CC2=NC3CCCCC3N=C2CC1c1ccccc1. The summed E-state index contributed by atoms with van der Waals surface area (Å²) in [7, 11) is 0. The van der Waals surface area contributed by atoms with Crippen LogP contribution in [0.4, 0.5) is 0 Å². The summed E-state index contributed by atoms with van der Waals surface area (Å²) in [5, 5.41) is 0. The first kappa shape index (κ1) is 21.0. The van der Waals surface area contributed by atoms with E-state index in [0.717, 1.165) is 29.8 Å². The molecule has 0 radical (unpaired) electrons. The Morgan fingerprint density at radius 3 is 2.23 bits per heavy atom. The van der Waals surface area contributed by atoms with Gasteiger partial charge in [-0.2, -0.15) is 0 Å². The Bertz CT molecular complexity index is 897. The lowest BCUT2D eigenvalue weighted by Crippen LogP contribution is -2.45. The number of ether oxygens (including phenoxy) is 1.